The number of halogens is 3. The Morgan fingerprint density at radius 2 is 2.00 bits per heavy atom. The van der Waals surface area contributed by atoms with Crippen LogP contribution in [0.3, 0.4) is 0 Å². The van der Waals surface area contributed by atoms with Crippen LogP contribution in [0.15, 0.2) is 18.3 Å². The third-order valence-corrected chi connectivity index (χ3v) is 5.93. The van der Waals surface area contributed by atoms with Gasteiger partial charge in [-0.05, 0) is 49.1 Å². The number of anilines is 3. The number of carbonyl (C=O) groups excluding carboxylic acids is 1. The van der Waals surface area contributed by atoms with Crippen molar-refractivity contribution in [2.45, 2.75) is 44.9 Å². The molecule has 3 N–H and O–H groups in total. The zero-order valence-electron chi connectivity index (χ0n) is 18.6. The molecule has 1 saturated heterocycles. The van der Waals surface area contributed by atoms with Gasteiger partial charge < -0.3 is 25.6 Å². The summed E-state index contributed by atoms with van der Waals surface area (Å²) in [6.45, 7) is 3.71. The van der Waals surface area contributed by atoms with Crippen LogP contribution >= 0.6 is 0 Å². The Balaban J connectivity index is 1.61. The van der Waals surface area contributed by atoms with Gasteiger partial charge in [0.15, 0.2) is 0 Å². The Labute approximate surface area is 189 Å². The van der Waals surface area contributed by atoms with E-state index in [9.17, 15) is 18.0 Å². The van der Waals surface area contributed by atoms with Crippen molar-refractivity contribution < 1.29 is 22.7 Å². The van der Waals surface area contributed by atoms with Gasteiger partial charge in [-0.3, -0.25) is 4.79 Å². The van der Waals surface area contributed by atoms with E-state index in [1.807, 2.05) is 12.1 Å². The van der Waals surface area contributed by atoms with E-state index in [1.54, 1.807) is 12.0 Å². The molecule has 1 fully saturated rings. The Hall–Kier alpha value is -3.08. The van der Waals surface area contributed by atoms with Crippen LogP contribution < -0.4 is 25.6 Å². The Kier molecular flexibility index (Phi) is 6.59. The molecule has 0 atom stereocenters. The monoisotopic (exact) mass is 464 g/mol. The largest absolute Gasteiger partial charge is 0.495 e. The molecule has 2 aliphatic heterocycles. The number of piperidine rings is 1. The maximum absolute atomic E-state index is 13.7. The van der Waals surface area contributed by atoms with Crippen LogP contribution in [-0.2, 0) is 23.9 Å². The molecule has 1 aromatic carbocycles. The van der Waals surface area contributed by atoms with Gasteiger partial charge in [-0.25, -0.2) is 4.98 Å². The summed E-state index contributed by atoms with van der Waals surface area (Å²) in [6.07, 6.45) is -1.82. The second kappa shape index (κ2) is 9.42. The van der Waals surface area contributed by atoms with E-state index >= 15 is 0 Å². The number of carbonyl (C=O) groups is 1. The van der Waals surface area contributed by atoms with Crippen LogP contribution in [0.5, 0.6) is 5.75 Å². The first-order valence-electron chi connectivity index (χ1n) is 10.9. The average molecular weight is 464 g/mol. The van der Waals surface area contributed by atoms with Gasteiger partial charge in [0, 0.05) is 38.8 Å². The molecular formula is C22H27F3N6O2. The first-order valence-corrected chi connectivity index (χ1v) is 10.9. The van der Waals surface area contributed by atoms with Crippen LogP contribution in [0.4, 0.5) is 30.6 Å². The minimum Gasteiger partial charge on any atom is -0.495 e. The number of methoxy groups -OCH3 is 1. The van der Waals surface area contributed by atoms with Crippen LogP contribution in [0.1, 0.15) is 36.5 Å². The number of ether oxygens (including phenoxy) is 1. The smallest absolute Gasteiger partial charge is 0.421 e. The van der Waals surface area contributed by atoms with Crippen LogP contribution in [0, 0.1) is 0 Å². The fourth-order valence-electron chi connectivity index (χ4n) is 4.29. The highest BCUT2D eigenvalue weighted by atomic mass is 19.4. The topological polar surface area (TPSA) is 91.4 Å². The van der Waals surface area contributed by atoms with Crippen molar-refractivity contribution >= 4 is 23.4 Å². The van der Waals surface area contributed by atoms with E-state index in [0.29, 0.717) is 43.9 Å². The lowest BCUT2D eigenvalue weighted by Gasteiger charge is -2.34. The van der Waals surface area contributed by atoms with Crippen molar-refractivity contribution in [3.63, 3.8) is 0 Å². The summed E-state index contributed by atoms with van der Waals surface area (Å²) in [5, 5.41) is 9.17. The van der Waals surface area contributed by atoms with Gasteiger partial charge in [-0.2, -0.15) is 18.2 Å². The summed E-state index contributed by atoms with van der Waals surface area (Å²) in [4.78, 5) is 21.1. The number of nitrogens with one attached hydrogen (secondary N) is 3. The van der Waals surface area contributed by atoms with Gasteiger partial charge in [0.2, 0.25) is 11.9 Å². The van der Waals surface area contributed by atoms with Crippen molar-refractivity contribution in [2.75, 3.05) is 37.0 Å². The zero-order chi connectivity index (χ0) is 23.6. The van der Waals surface area contributed by atoms with Crippen LogP contribution in [0.25, 0.3) is 0 Å². The van der Waals surface area contributed by atoms with Gasteiger partial charge in [-0.15, -0.1) is 0 Å². The standard InChI is InChI=1S/C22H27F3N6O2/c1-13(32)28-16-4-7-31(8-5-16)20-17(22(23,24)25)12-27-21(30-20)29-18-9-15-11-26-6-3-14(15)10-19(18)33-2/h9-10,12,16,26H,3-8,11H2,1-2H3,(H,28,32)(H,27,29,30). The molecule has 2 aliphatic rings. The molecule has 4 rings (SSSR count). The summed E-state index contributed by atoms with van der Waals surface area (Å²) >= 11 is 0. The average Bonchev–Trinajstić information content (AvgIpc) is 2.78. The van der Waals surface area contributed by atoms with E-state index in [1.165, 1.54) is 12.5 Å². The molecule has 0 saturated carbocycles. The fraction of sp³-hybridized carbons (Fsp3) is 0.500. The molecule has 3 heterocycles. The first-order chi connectivity index (χ1) is 15.7. The van der Waals surface area contributed by atoms with Crippen molar-refractivity contribution in [3.05, 3.63) is 35.0 Å². The second-order valence-corrected chi connectivity index (χ2v) is 8.26. The quantitative estimate of drug-likeness (QED) is 0.627. The molecule has 0 radical (unpaired) electrons. The number of rotatable bonds is 5. The van der Waals surface area contributed by atoms with Gasteiger partial charge in [-0.1, -0.05) is 0 Å². The summed E-state index contributed by atoms with van der Waals surface area (Å²) < 4.78 is 46.6. The van der Waals surface area contributed by atoms with Crippen LogP contribution in [0.2, 0.25) is 0 Å². The second-order valence-electron chi connectivity index (χ2n) is 8.26. The summed E-state index contributed by atoms with van der Waals surface area (Å²) in [5.74, 6) is 0.327. The number of hydrogen-bond donors (Lipinski definition) is 3. The molecule has 1 amide bonds. The molecule has 8 nitrogen and oxygen atoms in total. The molecule has 2 aromatic rings. The van der Waals surface area contributed by atoms with E-state index in [4.69, 9.17) is 4.74 Å². The molecule has 178 valence electrons. The van der Waals surface area contributed by atoms with E-state index < -0.39 is 11.7 Å². The molecule has 1 aromatic heterocycles. The van der Waals surface area contributed by atoms with Gasteiger partial charge in [0.25, 0.3) is 0 Å². The SMILES string of the molecule is COc1cc2c(cc1Nc1ncc(C(F)(F)F)c(N3CCC(NC(C)=O)CC3)n1)CNCC2. The maximum Gasteiger partial charge on any atom is 0.421 e. The van der Waals surface area contributed by atoms with Crippen molar-refractivity contribution in [3.8, 4) is 5.75 Å². The number of aromatic nitrogens is 2. The van der Waals surface area contributed by atoms with Gasteiger partial charge >= 0.3 is 6.18 Å². The highest BCUT2D eigenvalue weighted by Gasteiger charge is 2.37. The van der Waals surface area contributed by atoms with E-state index in [0.717, 1.165) is 24.7 Å². The Morgan fingerprint density at radius 1 is 1.24 bits per heavy atom. The number of hydrogen-bond acceptors (Lipinski definition) is 7. The number of nitrogens with zero attached hydrogens (tertiary/aromatic N) is 3. The fourth-order valence-corrected chi connectivity index (χ4v) is 4.29. The van der Waals surface area contributed by atoms with Gasteiger partial charge in [0.1, 0.15) is 17.1 Å². The molecule has 0 unspecified atom stereocenters. The number of fused-ring (bicyclic) bond motifs is 1. The molecule has 0 aliphatic carbocycles. The molecular weight excluding hydrogens is 437 g/mol. The van der Waals surface area contributed by atoms with Gasteiger partial charge in [0.05, 0.1) is 12.8 Å². The van der Waals surface area contributed by atoms with E-state index in [2.05, 4.69) is 25.9 Å². The Morgan fingerprint density at radius 3 is 2.67 bits per heavy atom. The lowest BCUT2D eigenvalue weighted by atomic mass is 10.00. The highest BCUT2D eigenvalue weighted by molar-refractivity contribution is 5.73. The van der Waals surface area contributed by atoms with Crippen molar-refractivity contribution in [1.82, 2.24) is 20.6 Å². The minimum absolute atomic E-state index is 0.0547. The zero-order valence-corrected chi connectivity index (χ0v) is 18.6. The first kappa shape index (κ1) is 23.1. The van der Waals surface area contributed by atoms with Crippen molar-refractivity contribution in [1.29, 1.82) is 0 Å². The lowest BCUT2D eigenvalue weighted by molar-refractivity contribution is -0.137. The van der Waals surface area contributed by atoms with Crippen molar-refractivity contribution in [2.24, 2.45) is 0 Å². The van der Waals surface area contributed by atoms with E-state index in [-0.39, 0.29) is 23.7 Å². The summed E-state index contributed by atoms with van der Waals surface area (Å²) in [6, 6.07) is 3.80. The molecule has 0 spiro atoms. The highest BCUT2D eigenvalue weighted by Crippen LogP contribution is 2.37. The minimum atomic E-state index is -4.59. The Bertz CT molecular complexity index is 1020. The molecule has 33 heavy (non-hydrogen) atoms. The summed E-state index contributed by atoms with van der Waals surface area (Å²) in [5.41, 5.74) is 1.98. The predicted octanol–water partition coefficient (Wildman–Crippen LogP) is 3.00. The predicted molar refractivity (Wildman–Crippen MR) is 118 cm³/mol. The lowest BCUT2D eigenvalue weighted by Crippen LogP contribution is -2.44. The number of amides is 1. The number of benzene rings is 1. The third-order valence-electron chi connectivity index (χ3n) is 5.93. The maximum atomic E-state index is 13.7. The normalized spacial score (nSPS) is 16.8. The van der Waals surface area contributed by atoms with Crippen LogP contribution in [-0.4, -0.2) is 48.7 Å². The summed E-state index contributed by atoms with van der Waals surface area (Å²) in [7, 11) is 1.55. The molecule has 11 heteroatoms. The third kappa shape index (κ3) is 5.29. The number of alkyl halides is 3. The molecule has 0 bridgehead atoms.